The van der Waals surface area contributed by atoms with Crippen LogP contribution in [0.5, 0.6) is 0 Å². The SMILES string of the molecule is COC(=O)Cc1ccccc1CCc1ccnc(CS(=O)O)n1. The van der Waals surface area contributed by atoms with Gasteiger partial charge in [-0.05, 0) is 30.0 Å². The number of benzene rings is 1. The Bertz CT molecular complexity index is 706. The van der Waals surface area contributed by atoms with Gasteiger partial charge in [-0.15, -0.1) is 0 Å². The van der Waals surface area contributed by atoms with E-state index in [4.69, 9.17) is 9.29 Å². The van der Waals surface area contributed by atoms with Crippen molar-refractivity contribution in [3.8, 4) is 0 Å². The van der Waals surface area contributed by atoms with Gasteiger partial charge in [0.25, 0.3) is 0 Å². The van der Waals surface area contributed by atoms with E-state index in [0.717, 1.165) is 16.8 Å². The molecule has 0 fully saturated rings. The topological polar surface area (TPSA) is 89.4 Å². The first kappa shape index (κ1) is 17.2. The molecule has 0 aliphatic rings. The Labute approximate surface area is 137 Å². The van der Waals surface area contributed by atoms with Crippen molar-refractivity contribution in [2.75, 3.05) is 7.11 Å². The maximum Gasteiger partial charge on any atom is 0.309 e. The summed E-state index contributed by atoms with van der Waals surface area (Å²) in [7, 11) is 1.37. The molecule has 1 atom stereocenters. The first-order valence-corrected chi connectivity index (χ1v) is 8.38. The lowest BCUT2D eigenvalue weighted by molar-refractivity contribution is -0.139. The van der Waals surface area contributed by atoms with Crippen molar-refractivity contribution in [1.82, 2.24) is 9.97 Å². The highest BCUT2D eigenvalue weighted by molar-refractivity contribution is 7.78. The van der Waals surface area contributed by atoms with Crippen LogP contribution in [0.15, 0.2) is 36.5 Å². The summed E-state index contributed by atoms with van der Waals surface area (Å²) in [5.74, 6) is 0.00521. The van der Waals surface area contributed by atoms with E-state index in [2.05, 4.69) is 9.97 Å². The monoisotopic (exact) mass is 334 g/mol. The number of hydrogen-bond donors (Lipinski definition) is 1. The van der Waals surface area contributed by atoms with Crippen molar-refractivity contribution in [2.24, 2.45) is 0 Å². The van der Waals surface area contributed by atoms with Gasteiger partial charge in [-0.3, -0.25) is 4.79 Å². The van der Waals surface area contributed by atoms with E-state index in [9.17, 15) is 9.00 Å². The van der Waals surface area contributed by atoms with E-state index in [1.165, 1.54) is 7.11 Å². The molecule has 1 N–H and O–H groups in total. The van der Waals surface area contributed by atoms with Crippen LogP contribution in [-0.4, -0.2) is 31.8 Å². The van der Waals surface area contributed by atoms with Crippen LogP contribution in [-0.2, 0) is 45.6 Å². The molecule has 23 heavy (non-hydrogen) atoms. The first-order chi connectivity index (χ1) is 11.1. The molecule has 6 nitrogen and oxygen atoms in total. The quantitative estimate of drug-likeness (QED) is 0.612. The van der Waals surface area contributed by atoms with Gasteiger partial charge in [0.15, 0.2) is 11.1 Å². The van der Waals surface area contributed by atoms with Gasteiger partial charge in [0.1, 0.15) is 11.6 Å². The smallest absolute Gasteiger partial charge is 0.309 e. The number of aryl methyl sites for hydroxylation is 2. The average molecular weight is 334 g/mol. The predicted octanol–water partition coefficient (Wildman–Crippen LogP) is 1.70. The maximum absolute atomic E-state index is 11.5. The molecule has 7 heteroatoms. The van der Waals surface area contributed by atoms with Crippen LogP contribution in [0.4, 0.5) is 0 Å². The minimum Gasteiger partial charge on any atom is -0.469 e. The molecule has 0 spiro atoms. The number of rotatable bonds is 7. The van der Waals surface area contributed by atoms with E-state index >= 15 is 0 Å². The van der Waals surface area contributed by atoms with Crippen LogP contribution in [0, 0.1) is 0 Å². The Morgan fingerprint density at radius 2 is 1.96 bits per heavy atom. The van der Waals surface area contributed by atoms with E-state index in [1.807, 2.05) is 24.3 Å². The Kier molecular flexibility index (Phi) is 6.37. The van der Waals surface area contributed by atoms with Crippen LogP contribution in [0.2, 0.25) is 0 Å². The number of aromatic nitrogens is 2. The molecule has 0 aliphatic carbocycles. The van der Waals surface area contributed by atoms with E-state index < -0.39 is 11.1 Å². The molecular weight excluding hydrogens is 316 g/mol. The highest BCUT2D eigenvalue weighted by Crippen LogP contribution is 2.13. The predicted molar refractivity (Wildman–Crippen MR) is 86.1 cm³/mol. The molecule has 2 aromatic rings. The molecule has 1 aromatic carbocycles. The first-order valence-electron chi connectivity index (χ1n) is 7.10. The maximum atomic E-state index is 11.5. The van der Waals surface area contributed by atoms with Crippen LogP contribution in [0.1, 0.15) is 22.6 Å². The summed E-state index contributed by atoms with van der Waals surface area (Å²) in [5.41, 5.74) is 2.79. The molecule has 1 aromatic heterocycles. The zero-order valence-electron chi connectivity index (χ0n) is 12.8. The Hall–Kier alpha value is -2.12. The van der Waals surface area contributed by atoms with Gasteiger partial charge >= 0.3 is 5.97 Å². The van der Waals surface area contributed by atoms with Crippen LogP contribution < -0.4 is 0 Å². The van der Waals surface area contributed by atoms with Gasteiger partial charge in [-0.2, -0.15) is 0 Å². The average Bonchev–Trinajstić information content (AvgIpc) is 2.53. The number of methoxy groups -OCH3 is 1. The summed E-state index contributed by atoms with van der Waals surface area (Å²) in [6.45, 7) is 0. The number of nitrogens with zero attached hydrogens (tertiary/aromatic N) is 2. The number of ether oxygens (including phenoxy) is 1. The van der Waals surface area contributed by atoms with Gasteiger partial charge in [0.2, 0.25) is 0 Å². The summed E-state index contributed by atoms with van der Waals surface area (Å²) in [6.07, 6.45) is 3.20. The number of esters is 1. The van der Waals surface area contributed by atoms with Crippen LogP contribution in [0.25, 0.3) is 0 Å². The van der Waals surface area contributed by atoms with Gasteiger partial charge in [0.05, 0.1) is 13.5 Å². The van der Waals surface area contributed by atoms with Gasteiger partial charge in [0, 0.05) is 11.9 Å². The minimum absolute atomic E-state index is 0.0766. The third-order valence-corrected chi connectivity index (χ3v) is 3.85. The number of hydrogen-bond acceptors (Lipinski definition) is 5. The van der Waals surface area contributed by atoms with E-state index in [0.29, 0.717) is 18.7 Å². The summed E-state index contributed by atoms with van der Waals surface area (Å²) >= 11 is -1.95. The van der Waals surface area contributed by atoms with Crippen LogP contribution in [0.3, 0.4) is 0 Å². The summed E-state index contributed by atoms with van der Waals surface area (Å²) in [6, 6.07) is 9.49. The summed E-state index contributed by atoms with van der Waals surface area (Å²) in [4.78, 5) is 19.7. The standard InChI is InChI=1S/C16H18N2O4S/c1-22-16(19)10-13-5-3-2-4-12(13)6-7-14-8-9-17-15(18-14)11-23(20)21/h2-5,8-9H,6-7,10-11H2,1H3,(H,20,21). The van der Waals surface area contributed by atoms with Crippen LogP contribution >= 0.6 is 0 Å². The normalized spacial score (nSPS) is 11.9. The second-order valence-corrected chi connectivity index (χ2v) is 5.88. The fourth-order valence-corrected chi connectivity index (χ4v) is 2.58. The Morgan fingerprint density at radius 1 is 1.22 bits per heavy atom. The van der Waals surface area contributed by atoms with Crippen molar-refractivity contribution in [1.29, 1.82) is 0 Å². The molecular formula is C16H18N2O4S. The fourth-order valence-electron chi connectivity index (χ4n) is 2.22. The lowest BCUT2D eigenvalue weighted by Crippen LogP contribution is -2.08. The molecule has 0 bridgehead atoms. The van der Waals surface area contributed by atoms with E-state index in [1.54, 1.807) is 12.3 Å². The van der Waals surface area contributed by atoms with Gasteiger partial charge in [-0.25, -0.2) is 14.2 Å². The molecule has 1 heterocycles. The largest absolute Gasteiger partial charge is 0.469 e. The molecule has 1 unspecified atom stereocenters. The Morgan fingerprint density at radius 3 is 2.65 bits per heavy atom. The second-order valence-electron chi connectivity index (χ2n) is 4.95. The lowest BCUT2D eigenvalue weighted by Gasteiger charge is -2.08. The van der Waals surface area contributed by atoms with Gasteiger partial charge in [-0.1, -0.05) is 24.3 Å². The lowest BCUT2D eigenvalue weighted by atomic mass is 9.99. The molecule has 0 radical (unpaired) electrons. The van der Waals surface area contributed by atoms with Crippen molar-refractivity contribution < 1.29 is 18.3 Å². The molecule has 0 saturated heterocycles. The summed E-state index contributed by atoms with van der Waals surface area (Å²) in [5, 5.41) is 0. The molecule has 122 valence electrons. The fraction of sp³-hybridized carbons (Fsp3) is 0.312. The van der Waals surface area contributed by atoms with Crippen molar-refractivity contribution in [2.45, 2.75) is 25.0 Å². The molecule has 0 aliphatic heterocycles. The zero-order chi connectivity index (χ0) is 16.7. The number of carbonyl (C=O) groups is 1. The third kappa shape index (κ3) is 5.54. The molecule has 0 amide bonds. The highest BCUT2D eigenvalue weighted by atomic mass is 32.2. The van der Waals surface area contributed by atoms with Crippen molar-refractivity contribution in [3.05, 3.63) is 59.2 Å². The van der Waals surface area contributed by atoms with E-state index in [-0.39, 0.29) is 18.1 Å². The highest BCUT2D eigenvalue weighted by Gasteiger charge is 2.09. The zero-order valence-corrected chi connectivity index (χ0v) is 13.6. The minimum atomic E-state index is -1.95. The summed E-state index contributed by atoms with van der Waals surface area (Å²) < 4.78 is 24.4. The molecule has 0 saturated carbocycles. The van der Waals surface area contributed by atoms with Crippen molar-refractivity contribution >= 4 is 17.0 Å². The Balaban J connectivity index is 2.06. The van der Waals surface area contributed by atoms with Crippen molar-refractivity contribution in [3.63, 3.8) is 0 Å². The third-order valence-electron chi connectivity index (χ3n) is 3.35. The number of carbonyl (C=O) groups excluding carboxylic acids is 1. The molecule has 2 rings (SSSR count). The second kappa shape index (κ2) is 8.50. The van der Waals surface area contributed by atoms with Gasteiger partial charge < -0.3 is 9.29 Å².